The van der Waals surface area contributed by atoms with E-state index in [-0.39, 0.29) is 24.7 Å². The van der Waals surface area contributed by atoms with E-state index in [0.29, 0.717) is 11.1 Å². The van der Waals surface area contributed by atoms with Crippen LogP contribution in [-0.4, -0.2) is 35.9 Å². The zero-order chi connectivity index (χ0) is 19.6. The van der Waals surface area contributed by atoms with Crippen LogP contribution in [0.3, 0.4) is 0 Å². The van der Waals surface area contributed by atoms with Crippen LogP contribution in [-0.2, 0) is 19.1 Å². The highest BCUT2D eigenvalue weighted by Gasteiger charge is 2.48. The summed E-state index contributed by atoms with van der Waals surface area (Å²) in [4.78, 5) is 35.6. The molecule has 1 heterocycles. The van der Waals surface area contributed by atoms with Crippen LogP contribution in [0.1, 0.15) is 43.0 Å². The van der Waals surface area contributed by atoms with Gasteiger partial charge in [-0.3, -0.25) is 9.59 Å². The molecule has 0 N–H and O–H groups in total. The molecule has 3 rings (SSSR count). The number of rotatable bonds is 6. The molecule has 27 heavy (non-hydrogen) atoms. The van der Waals surface area contributed by atoms with E-state index in [1.165, 1.54) is 13.0 Å². The van der Waals surface area contributed by atoms with Gasteiger partial charge in [0.15, 0.2) is 0 Å². The van der Waals surface area contributed by atoms with Gasteiger partial charge in [-0.2, -0.15) is 8.78 Å². The van der Waals surface area contributed by atoms with E-state index < -0.39 is 42.7 Å². The van der Waals surface area contributed by atoms with Crippen LogP contribution in [0.4, 0.5) is 8.78 Å². The van der Waals surface area contributed by atoms with Gasteiger partial charge in [0.05, 0.1) is 12.0 Å². The summed E-state index contributed by atoms with van der Waals surface area (Å²) in [7, 11) is 0. The van der Waals surface area contributed by atoms with Gasteiger partial charge in [-0.25, -0.2) is 4.79 Å². The normalized spacial score (nSPS) is 26.0. The average molecular weight is 378 g/mol. The van der Waals surface area contributed by atoms with E-state index in [1.54, 1.807) is 30.3 Å². The maximum absolute atomic E-state index is 13.5. The molecule has 2 aliphatic rings. The number of halogens is 2. The molecule has 1 saturated heterocycles. The molecule has 3 atom stereocenters. The average Bonchev–Trinajstić information content (AvgIpc) is 3.16. The molecule has 0 aromatic heterocycles. The van der Waals surface area contributed by atoms with Crippen LogP contribution in [0.25, 0.3) is 0 Å². The number of ketones is 1. The highest BCUT2D eigenvalue weighted by molar-refractivity contribution is 5.90. The summed E-state index contributed by atoms with van der Waals surface area (Å²) >= 11 is 0. The molecule has 1 saturated carbocycles. The van der Waals surface area contributed by atoms with Crippen molar-refractivity contribution in [1.29, 1.82) is 0 Å². The molecule has 1 aromatic carbocycles. The lowest BCUT2D eigenvalue weighted by Crippen LogP contribution is -2.27. The van der Waals surface area contributed by atoms with Crippen molar-refractivity contribution < 1.29 is 32.6 Å². The molecule has 2 fully saturated rings. The van der Waals surface area contributed by atoms with Gasteiger partial charge in [-0.1, -0.05) is 31.2 Å². The molecule has 0 amide bonds. The number of esters is 2. The molecular formula is C20H20F2O5. The van der Waals surface area contributed by atoms with Crippen molar-refractivity contribution >= 4 is 17.7 Å². The van der Waals surface area contributed by atoms with Crippen molar-refractivity contribution in [3.05, 3.63) is 47.5 Å². The van der Waals surface area contributed by atoms with E-state index in [0.717, 1.165) is 0 Å². The number of allylic oxidation sites excluding steroid dienone is 1. The number of ether oxygens (including phenoxy) is 2. The van der Waals surface area contributed by atoms with E-state index >= 15 is 0 Å². The first-order chi connectivity index (χ1) is 12.8. The minimum Gasteiger partial charge on any atom is -0.462 e. The van der Waals surface area contributed by atoms with Crippen LogP contribution in [0.2, 0.25) is 0 Å². The van der Waals surface area contributed by atoms with Gasteiger partial charge in [0.2, 0.25) is 5.78 Å². The zero-order valence-corrected chi connectivity index (χ0v) is 14.8. The van der Waals surface area contributed by atoms with Gasteiger partial charge in [-0.15, -0.1) is 0 Å². The lowest BCUT2D eigenvalue weighted by atomic mass is 9.96. The molecule has 0 spiro atoms. The summed E-state index contributed by atoms with van der Waals surface area (Å²) in [6, 6.07) is 8.37. The third-order valence-corrected chi connectivity index (χ3v) is 5.00. The van der Waals surface area contributed by atoms with Gasteiger partial charge in [0, 0.05) is 25.2 Å². The minimum absolute atomic E-state index is 0.0915. The summed E-state index contributed by atoms with van der Waals surface area (Å²) in [5.74, 6) is -5.88. The highest BCUT2D eigenvalue weighted by Crippen LogP contribution is 2.43. The van der Waals surface area contributed by atoms with Crippen LogP contribution in [0.15, 0.2) is 42.0 Å². The van der Waals surface area contributed by atoms with Crippen molar-refractivity contribution in [1.82, 2.24) is 0 Å². The SMILES string of the molecule is CCC(F)(F)C(=O)CC=C1C(OC(=O)c2ccccc2)CC2OC(=O)C[C@H]12. The predicted octanol–water partition coefficient (Wildman–Crippen LogP) is 3.48. The summed E-state index contributed by atoms with van der Waals surface area (Å²) < 4.78 is 37.8. The van der Waals surface area contributed by atoms with Gasteiger partial charge >= 0.3 is 17.9 Å². The molecule has 5 nitrogen and oxygen atoms in total. The number of fused-ring (bicyclic) bond motifs is 1. The number of carbonyl (C=O) groups excluding carboxylic acids is 3. The van der Waals surface area contributed by atoms with Crippen LogP contribution >= 0.6 is 0 Å². The lowest BCUT2D eigenvalue weighted by Gasteiger charge is -2.17. The Hall–Kier alpha value is -2.57. The second-order valence-electron chi connectivity index (χ2n) is 6.72. The van der Waals surface area contributed by atoms with Crippen LogP contribution in [0, 0.1) is 5.92 Å². The topological polar surface area (TPSA) is 69.7 Å². The van der Waals surface area contributed by atoms with Crippen molar-refractivity contribution in [3.8, 4) is 0 Å². The predicted molar refractivity (Wildman–Crippen MR) is 91.2 cm³/mol. The monoisotopic (exact) mass is 378 g/mol. The van der Waals surface area contributed by atoms with Crippen LogP contribution < -0.4 is 0 Å². The second-order valence-corrected chi connectivity index (χ2v) is 6.72. The van der Waals surface area contributed by atoms with Crippen LogP contribution in [0.5, 0.6) is 0 Å². The Labute approximate surface area is 155 Å². The molecule has 0 radical (unpaired) electrons. The summed E-state index contributed by atoms with van der Waals surface area (Å²) in [5.41, 5.74) is 0.870. The molecule has 144 valence electrons. The lowest BCUT2D eigenvalue weighted by molar-refractivity contribution is -0.142. The van der Waals surface area contributed by atoms with Gasteiger partial charge < -0.3 is 9.47 Å². The number of Topliss-reactive ketones (excluding diaryl/α,β-unsaturated/α-hetero) is 1. The molecule has 2 unspecified atom stereocenters. The van der Waals surface area contributed by atoms with Gasteiger partial charge in [-0.05, 0) is 17.7 Å². The molecule has 1 aromatic rings. The van der Waals surface area contributed by atoms with Crippen molar-refractivity contribution in [2.45, 2.75) is 50.7 Å². The Balaban J connectivity index is 1.78. The Morgan fingerprint density at radius 1 is 1.30 bits per heavy atom. The summed E-state index contributed by atoms with van der Waals surface area (Å²) in [6.45, 7) is 1.24. The van der Waals surface area contributed by atoms with Crippen molar-refractivity contribution in [2.24, 2.45) is 5.92 Å². The zero-order valence-electron chi connectivity index (χ0n) is 14.8. The first-order valence-electron chi connectivity index (χ1n) is 8.88. The third-order valence-electron chi connectivity index (χ3n) is 5.00. The Morgan fingerprint density at radius 3 is 2.67 bits per heavy atom. The molecule has 1 aliphatic carbocycles. The van der Waals surface area contributed by atoms with Gasteiger partial charge in [0.25, 0.3) is 0 Å². The van der Waals surface area contributed by atoms with Crippen molar-refractivity contribution in [3.63, 3.8) is 0 Å². The Morgan fingerprint density at radius 2 is 2.00 bits per heavy atom. The number of benzene rings is 1. The van der Waals surface area contributed by atoms with E-state index in [2.05, 4.69) is 0 Å². The maximum atomic E-state index is 13.5. The first kappa shape index (κ1) is 19.2. The second kappa shape index (κ2) is 7.58. The minimum atomic E-state index is -3.40. The third kappa shape index (κ3) is 4.07. The van der Waals surface area contributed by atoms with E-state index in [9.17, 15) is 23.2 Å². The summed E-state index contributed by atoms with van der Waals surface area (Å²) in [5, 5.41) is 0. The molecule has 0 bridgehead atoms. The number of alkyl halides is 2. The largest absolute Gasteiger partial charge is 0.462 e. The quantitative estimate of drug-likeness (QED) is 0.560. The molecular weight excluding hydrogens is 358 g/mol. The molecule has 7 heteroatoms. The standard InChI is InChI=1S/C20H20F2O5/c1-2-20(21,22)17(23)9-8-13-14-10-18(24)26-16(14)11-15(13)27-19(25)12-6-4-3-5-7-12/h3-8,14-16H,2,9-11H2,1H3/t14-,15?,16?/m1/s1. The van der Waals surface area contributed by atoms with E-state index in [1.807, 2.05) is 0 Å². The van der Waals surface area contributed by atoms with Gasteiger partial charge in [0.1, 0.15) is 12.2 Å². The fourth-order valence-corrected chi connectivity index (χ4v) is 3.47. The number of hydrogen-bond acceptors (Lipinski definition) is 5. The fraction of sp³-hybridized carbons (Fsp3) is 0.450. The first-order valence-corrected chi connectivity index (χ1v) is 8.88. The molecule has 1 aliphatic heterocycles. The number of carbonyl (C=O) groups is 3. The highest BCUT2D eigenvalue weighted by atomic mass is 19.3. The van der Waals surface area contributed by atoms with Crippen molar-refractivity contribution in [2.75, 3.05) is 0 Å². The Kier molecular flexibility index (Phi) is 5.39. The maximum Gasteiger partial charge on any atom is 0.338 e. The Bertz CT molecular complexity index is 772. The number of hydrogen-bond donors (Lipinski definition) is 0. The fourth-order valence-electron chi connectivity index (χ4n) is 3.47. The van der Waals surface area contributed by atoms with E-state index in [4.69, 9.17) is 9.47 Å². The summed E-state index contributed by atoms with van der Waals surface area (Å²) in [6.07, 6.45) is -0.486. The smallest absolute Gasteiger partial charge is 0.338 e.